The lowest BCUT2D eigenvalue weighted by molar-refractivity contribution is 0.118. The van der Waals surface area contributed by atoms with Crippen LogP contribution in [0.4, 0.5) is 0 Å². The van der Waals surface area contributed by atoms with Crippen LogP contribution in [-0.4, -0.2) is 31.1 Å². The van der Waals surface area contributed by atoms with Gasteiger partial charge >= 0.3 is 0 Å². The van der Waals surface area contributed by atoms with Crippen LogP contribution in [0.2, 0.25) is 0 Å². The van der Waals surface area contributed by atoms with E-state index in [1.54, 1.807) is 0 Å². The quantitative estimate of drug-likeness (QED) is 0.904. The van der Waals surface area contributed by atoms with Gasteiger partial charge in [0.2, 0.25) is 0 Å². The van der Waals surface area contributed by atoms with E-state index in [1.165, 1.54) is 25.1 Å². The lowest BCUT2D eigenvalue weighted by Gasteiger charge is -2.39. The fraction of sp³-hybridized carbons (Fsp3) is 0.684. The summed E-state index contributed by atoms with van der Waals surface area (Å²) in [5.41, 5.74) is 1.83. The van der Waals surface area contributed by atoms with Crippen LogP contribution in [0.1, 0.15) is 46.6 Å². The Balaban J connectivity index is 2.15. The highest BCUT2D eigenvalue weighted by Gasteiger charge is 2.33. The predicted molar refractivity (Wildman–Crippen MR) is 91.5 cm³/mol. The third kappa shape index (κ3) is 4.08. The number of nitrogens with zero attached hydrogens (tertiary/aromatic N) is 1. The average molecular weight is 288 g/mol. The number of hydrogen-bond acceptors (Lipinski definition) is 2. The normalized spacial score (nSPS) is 25.0. The molecule has 1 heterocycles. The molecule has 0 spiro atoms. The minimum atomic E-state index is 0.0603. The lowest BCUT2D eigenvalue weighted by atomic mass is 9.80. The van der Waals surface area contributed by atoms with E-state index in [0.29, 0.717) is 11.3 Å². The fourth-order valence-electron chi connectivity index (χ4n) is 3.14. The highest BCUT2D eigenvalue weighted by atomic mass is 15.2. The number of rotatable bonds is 4. The minimum absolute atomic E-state index is 0.0603. The Labute approximate surface area is 130 Å². The molecule has 0 saturated carbocycles. The summed E-state index contributed by atoms with van der Waals surface area (Å²) in [7, 11) is 0. The Morgan fingerprint density at radius 1 is 1.24 bits per heavy atom. The molecule has 2 rings (SSSR count). The maximum Gasteiger partial charge on any atom is 0.0534 e. The number of hydrogen-bond donors (Lipinski definition) is 1. The molecule has 1 N–H and O–H groups in total. The molecule has 1 aromatic carbocycles. The molecule has 2 nitrogen and oxygen atoms in total. The smallest absolute Gasteiger partial charge is 0.0534 e. The molecule has 1 fully saturated rings. The van der Waals surface area contributed by atoms with Crippen molar-refractivity contribution in [3.63, 3.8) is 0 Å². The summed E-state index contributed by atoms with van der Waals surface area (Å²) in [5.74, 6) is 0.705. The van der Waals surface area contributed by atoms with Crippen LogP contribution < -0.4 is 5.32 Å². The summed E-state index contributed by atoms with van der Waals surface area (Å²) < 4.78 is 0. The molecule has 0 amide bonds. The molecule has 1 aliphatic heterocycles. The standard InChI is InChI=1S/C19H32N2/c1-16(2)18(3,4)14-21-13-9-12-20-19(5,15-21)17-10-7-6-8-11-17/h6-8,10-11,16,20H,9,12-15H2,1-5H3. The van der Waals surface area contributed by atoms with Crippen LogP contribution in [0.15, 0.2) is 30.3 Å². The maximum absolute atomic E-state index is 3.78. The summed E-state index contributed by atoms with van der Waals surface area (Å²) in [6.07, 6.45) is 1.23. The number of benzene rings is 1. The van der Waals surface area contributed by atoms with Gasteiger partial charge in [0, 0.05) is 13.1 Å². The fourth-order valence-corrected chi connectivity index (χ4v) is 3.14. The van der Waals surface area contributed by atoms with Gasteiger partial charge in [-0.05, 0) is 43.3 Å². The summed E-state index contributed by atoms with van der Waals surface area (Å²) >= 11 is 0. The van der Waals surface area contributed by atoms with E-state index in [-0.39, 0.29) is 5.54 Å². The topological polar surface area (TPSA) is 15.3 Å². The predicted octanol–water partition coefficient (Wildman–Crippen LogP) is 3.88. The van der Waals surface area contributed by atoms with Gasteiger partial charge in [-0.15, -0.1) is 0 Å². The molecule has 0 radical (unpaired) electrons. The molecule has 0 bridgehead atoms. The van der Waals surface area contributed by atoms with Crippen molar-refractivity contribution >= 4 is 0 Å². The first kappa shape index (κ1) is 16.5. The second-order valence-corrected chi connectivity index (χ2v) is 7.83. The Bertz CT molecular complexity index is 438. The maximum atomic E-state index is 3.78. The van der Waals surface area contributed by atoms with Gasteiger partial charge in [-0.1, -0.05) is 58.0 Å². The first-order valence-corrected chi connectivity index (χ1v) is 8.36. The van der Waals surface area contributed by atoms with Crippen molar-refractivity contribution in [2.24, 2.45) is 11.3 Å². The summed E-state index contributed by atoms with van der Waals surface area (Å²) in [6, 6.07) is 10.9. The van der Waals surface area contributed by atoms with E-state index >= 15 is 0 Å². The van der Waals surface area contributed by atoms with Crippen molar-refractivity contribution in [3.8, 4) is 0 Å². The third-order valence-electron chi connectivity index (χ3n) is 5.31. The van der Waals surface area contributed by atoms with Crippen LogP contribution in [0.5, 0.6) is 0 Å². The molecular weight excluding hydrogens is 256 g/mol. The van der Waals surface area contributed by atoms with Crippen LogP contribution in [-0.2, 0) is 5.54 Å². The molecule has 1 unspecified atom stereocenters. The van der Waals surface area contributed by atoms with E-state index in [9.17, 15) is 0 Å². The van der Waals surface area contributed by atoms with E-state index in [1.807, 2.05) is 0 Å². The SMILES string of the molecule is CC(C)C(C)(C)CN1CCCNC(C)(c2ccccc2)C1. The lowest BCUT2D eigenvalue weighted by Crippen LogP contribution is -2.48. The molecule has 21 heavy (non-hydrogen) atoms. The molecule has 1 aromatic rings. The van der Waals surface area contributed by atoms with Crippen molar-refractivity contribution in [3.05, 3.63) is 35.9 Å². The molecule has 1 atom stereocenters. The van der Waals surface area contributed by atoms with Gasteiger partial charge in [0.05, 0.1) is 5.54 Å². The second kappa shape index (κ2) is 6.50. The summed E-state index contributed by atoms with van der Waals surface area (Å²) in [6.45, 7) is 16.4. The van der Waals surface area contributed by atoms with Crippen molar-refractivity contribution in [1.29, 1.82) is 0 Å². The first-order chi connectivity index (χ1) is 9.83. The molecular formula is C19H32N2. The zero-order valence-electron chi connectivity index (χ0n) is 14.4. The van der Waals surface area contributed by atoms with Crippen LogP contribution in [0.25, 0.3) is 0 Å². The van der Waals surface area contributed by atoms with Crippen LogP contribution in [0, 0.1) is 11.3 Å². The zero-order valence-corrected chi connectivity index (χ0v) is 14.4. The van der Waals surface area contributed by atoms with E-state index < -0.39 is 0 Å². The van der Waals surface area contributed by atoms with Gasteiger partial charge in [0.25, 0.3) is 0 Å². The second-order valence-electron chi connectivity index (χ2n) is 7.83. The Kier molecular flexibility index (Phi) is 5.11. The van der Waals surface area contributed by atoms with E-state index in [2.05, 4.69) is 75.2 Å². The van der Waals surface area contributed by atoms with Gasteiger partial charge in [0.1, 0.15) is 0 Å². The van der Waals surface area contributed by atoms with Gasteiger partial charge < -0.3 is 10.2 Å². The summed E-state index contributed by atoms with van der Waals surface area (Å²) in [4.78, 5) is 2.66. The van der Waals surface area contributed by atoms with Crippen LogP contribution in [0.3, 0.4) is 0 Å². The molecule has 1 aliphatic rings. The van der Waals surface area contributed by atoms with Crippen molar-refractivity contribution < 1.29 is 0 Å². The van der Waals surface area contributed by atoms with E-state index in [0.717, 1.165) is 13.1 Å². The van der Waals surface area contributed by atoms with Gasteiger partial charge in [-0.3, -0.25) is 0 Å². The molecule has 0 aliphatic carbocycles. The molecule has 2 heteroatoms. The molecule has 1 saturated heterocycles. The molecule has 0 aromatic heterocycles. The van der Waals surface area contributed by atoms with Gasteiger partial charge in [0.15, 0.2) is 0 Å². The Hall–Kier alpha value is -0.860. The first-order valence-electron chi connectivity index (χ1n) is 8.36. The van der Waals surface area contributed by atoms with Crippen molar-refractivity contribution in [1.82, 2.24) is 10.2 Å². The van der Waals surface area contributed by atoms with Crippen molar-refractivity contribution in [2.45, 2.75) is 46.6 Å². The Morgan fingerprint density at radius 2 is 1.90 bits per heavy atom. The average Bonchev–Trinajstić information content (AvgIpc) is 2.62. The third-order valence-corrected chi connectivity index (χ3v) is 5.31. The monoisotopic (exact) mass is 288 g/mol. The highest BCUT2D eigenvalue weighted by molar-refractivity contribution is 5.24. The largest absolute Gasteiger partial charge is 0.307 e. The van der Waals surface area contributed by atoms with Crippen LogP contribution >= 0.6 is 0 Å². The van der Waals surface area contributed by atoms with Gasteiger partial charge in [-0.25, -0.2) is 0 Å². The molecule has 118 valence electrons. The van der Waals surface area contributed by atoms with E-state index in [4.69, 9.17) is 0 Å². The highest BCUT2D eigenvalue weighted by Crippen LogP contribution is 2.30. The van der Waals surface area contributed by atoms with Crippen molar-refractivity contribution in [2.75, 3.05) is 26.2 Å². The summed E-state index contributed by atoms with van der Waals surface area (Å²) in [5, 5.41) is 3.78. The minimum Gasteiger partial charge on any atom is -0.307 e. The number of nitrogens with one attached hydrogen (secondary N) is 1. The zero-order chi connectivity index (χ0) is 15.5. The Morgan fingerprint density at radius 3 is 2.52 bits per heavy atom. The van der Waals surface area contributed by atoms with Gasteiger partial charge in [-0.2, -0.15) is 0 Å².